The topological polar surface area (TPSA) is 71.7 Å². The predicted octanol–water partition coefficient (Wildman–Crippen LogP) is 1.13. The van der Waals surface area contributed by atoms with Gasteiger partial charge in [0, 0.05) is 52.0 Å². The fourth-order valence-electron chi connectivity index (χ4n) is 2.51. The lowest BCUT2D eigenvalue weighted by atomic mass is 10.2. The molecule has 116 valence electrons. The van der Waals surface area contributed by atoms with Crippen molar-refractivity contribution in [2.45, 2.75) is 19.8 Å². The number of carbonyl (C=O) groups excluding carboxylic acids is 1. The zero-order chi connectivity index (χ0) is 15.1. The molecule has 6 heteroatoms. The first-order valence-corrected chi connectivity index (χ1v) is 7.52. The number of nitrogens with zero attached hydrogens (tertiary/aromatic N) is 3. The molecule has 1 saturated heterocycles. The molecule has 2 rings (SSSR count). The number of rotatable bonds is 6. The summed E-state index contributed by atoms with van der Waals surface area (Å²) < 4.78 is 5.26. The number of nitrogens with two attached hydrogens (primary N) is 1. The fraction of sp³-hybridized carbons (Fsp3) is 0.600. The summed E-state index contributed by atoms with van der Waals surface area (Å²) in [5, 5.41) is 0. The van der Waals surface area contributed by atoms with Crippen molar-refractivity contribution < 1.29 is 9.53 Å². The largest absolute Gasteiger partial charge is 0.396 e. The van der Waals surface area contributed by atoms with E-state index in [1.54, 1.807) is 12.4 Å². The van der Waals surface area contributed by atoms with Crippen LogP contribution in [-0.4, -0.2) is 55.2 Å². The maximum Gasteiger partial charge on any atom is 0.222 e. The molecule has 6 nitrogen and oxygen atoms in total. The molecule has 0 spiro atoms. The van der Waals surface area contributed by atoms with Crippen LogP contribution in [0.25, 0.3) is 0 Å². The van der Waals surface area contributed by atoms with Gasteiger partial charge in [-0.25, -0.2) is 0 Å². The number of hydrogen-bond acceptors (Lipinski definition) is 5. The molecule has 2 N–H and O–H groups in total. The Morgan fingerprint density at radius 2 is 2.14 bits per heavy atom. The minimum Gasteiger partial charge on any atom is -0.396 e. The van der Waals surface area contributed by atoms with E-state index < -0.39 is 0 Å². The van der Waals surface area contributed by atoms with Crippen LogP contribution in [-0.2, 0) is 9.53 Å². The van der Waals surface area contributed by atoms with Crippen molar-refractivity contribution in [2.24, 2.45) is 0 Å². The quantitative estimate of drug-likeness (QED) is 0.796. The van der Waals surface area contributed by atoms with Crippen molar-refractivity contribution in [3.8, 4) is 0 Å². The van der Waals surface area contributed by atoms with E-state index >= 15 is 0 Å². The maximum atomic E-state index is 12.1. The van der Waals surface area contributed by atoms with Crippen LogP contribution < -0.4 is 10.6 Å². The molecular weight excluding hydrogens is 268 g/mol. The molecule has 2 heterocycles. The van der Waals surface area contributed by atoms with Crippen LogP contribution in [0.4, 0.5) is 11.4 Å². The normalized spacial score (nSPS) is 15.3. The van der Waals surface area contributed by atoms with Gasteiger partial charge in [-0.05, 0) is 19.4 Å². The summed E-state index contributed by atoms with van der Waals surface area (Å²) in [6, 6.07) is 1.93. The average Bonchev–Trinajstić information content (AvgIpc) is 2.52. The Morgan fingerprint density at radius 3 is 2.81 bits per heavy atom. The third kappa shape index (κ3) is 4.32. The minimum atomic E-state index is 0.219. The SMILES string of the molecule is CCOCCCC(=O)N1CCN(c2ccncc2N)CC1. The van der Waals surface area contributed by atoms with E-state index in [9.17, 15) is 4.79 Å². The van der Waals surface area contributed by atoms with Gasteiger partial charge in [-0.1, -0.05) is 0 Å². The van der Waals surface area contributed by atoms with Crippen LogP contribution in [0.2, 0.25) is 0 Å². The van der Waals surface area contributed by atoms with E-state index in [1.807, 2.05) is 17.9 Å². The number of anilines is 2. The standard InChI is InChI=1S/C15H24N4O2/c1-2-21-11-3-4-15(20)19-9-7-18(8-10-19)14-5-6-17-12-13(14)16/h5-6,12H,2-4,7-11,16H2,1H3. The first kappa shape index (κ1) is 15.6. The zero-order valence-electron chi connectivity index (χ0n) is 12.6. The van der Waals surface area contributed by atoms with Gasteiger partial charge in [0.25, 0.3) is 0 Å². The van der Waals surface area contributed by atoms with Crippen molar-refractivity contribution in [3.63, 3.8) is 0 Å². The van der Waals surface area contributed by atoms with Crippen LogP contribution in [0.3, 0.4) is 0 Å². The molecular formula is C15H24N4O2. The van der Waals surface area contributed by atoms with E-state index in [2.05, 4.69) is 9.88 Å². The Morgan fingerprint density at radius 1 is 1.38 bits per heavy atom. The van der Waals surface area contributed by atoms with Crippen molar-refractivity contribution in [2.75, 3.05) is 50.0 Å². The number of hydrogen-bond donors (Lipinski definition) is 1. The monoisotopic (exact) mass is 292 g/mol. The van der Waals surface area contributed by atoms with E-state index in [-0.39, 0.29) is 5.91 Å². The average molecular weight is 292 g/mol. The Bertz CT molecular complexity index is 459. The Hall–Kier alpha value is -1.82. The number of amides is 1. The Kier molecular flexibility index (Phi) is 5.80. The van der Waals surface area contributed by atoms with Crippen LogP contribution in [0.5, 0.6) is 0 Å². The van der Waals surface area contributed by atoms with Gasteiger partial charge in [0.05, 0.1) is 17.6 Å². The third-order valence-corrected chi connectivity index (χ3v) is 3.68. The molecule has 1 aliphatic heterocycles. The third-order valence-electron chi connectivity index (χ3n) is 3.68. The smallest absolute Gasteiger partial charge is 0.222 e. The molecule has 1 fully saturated rings. The number of nitrogen functional groups attached to an aromatic ring is 1. The maximum absolute atomic E-state index is 12.1. The van der Waals surface area contributed by atoms with E-state index in [1.165, 1.54) is 0 Å². The summed E-state index contributed by atoms with van der Waals surface area (Å²) in [4.78, 5) is 20.2. The zero-order valence-corrected chi connectivity index (χ0v) is 12.6. The highest BCUT2D eigenvalue weighted by molar-refractivity contribution is 5.76. The second-order valence-corrected chi connectivity index (χ2v) is 5.10. The van der Waals surface area contributed by atoms with Crippen LogP contribution in [0.15, 0.2) is 18.5 Å². The number of pyridine rings is 1. The van der Waals surface area contributed by atoms with Crippen LogP contribution in [0, 0.1) is 0 Å². The first-order valence-electron chi connectivity index (χ1n) is 7.52. The fourth-order valence-corrected chi connectivity index (χ4v) is 2.51. The van der Waals surface area contributed by atoms with E-state index in [0.717, 1.165) is 38.3 Å². The van der Waals surface area contributed by atoms with Crippen molar-refractivity contribution in [1.82, 2.24) is 9.88 Å². The molecule has 1 aromatic rings. The second kappa shape index (κ2) is 7.83. The summed E-state index contributed by atoms with van der Waals surface area (Å²) in [5.74, 6) is 0.219. The second-order valence-electron chi connectivity index (χ2n) is 5.10. The molecule has 0 aliphatic carbocycles. The van der Waals surface area contributed by atoms with Gasteiger partial charge in [0.2, 0.25) is 5.91 Å². The van der Waals surface area contributed by atoms with Gasteiger partial charge in [-0.2, -0.15) is 0 Å². The summed E-state index contributed by atoms with van der Waals surface area (Å²) >= 11 is 0. The summed E-state index contributed by atoms with van der Waals surface area (Å²) in [5.41, 5.74) is 7.64. The Balaban J connectivity index is 1.78. The number of ether oxygens (including phenoxy) is 1. The van der Waals surface area contributed by atoms with Crippen LogP contribution in [0.1, 0.15) is 19.8 Å². The highest BCUT2D eigenvalue weighted by Gasteiger charge is 2.21. The molecule has 1 amide bonds. The van der Waals surface area contributed by atoms with Gasteiger partial charge >= 0.3 is 0 Å². The van der Waals surface area contributed by atoms with Crippen LogP contribution >= 0.6 is 0 Å². The lowest BCUT2D eigenvalue weighted by Gasteiger charge is -2.36. The van der Waals surface area contributed by atoms with E-state index in [0.29, 0.717) is 25.3 Å². The molecule has 0 unspecified atom stereocenters. The van der Waals surface area contributed by atoms with Gasteiger partial charge in [0.1, 0.15) is 0 Å². The first-order chi connectivity index (χ1) is 10.2. The number of piperazine rings is 1. The summed E-state index contributed by atoms with van der Waals surface area (Å²) in [7, 11) is 0. The minimum absolute atomic E-state index is 0.219. The molecule has 0 bridgehead atoms. The van der Waals surface area contributed by atoms with Crippen molar-refractivity contribution in [1.29, 1.82) is 0 Å². The van der Waals surface area contributed by atoms with Gasteiger partial charge in [0.15, 0.2) is 0 Å². The number of aromatic nitrogens is 1. The molecule has 0 saturated carbocycles. The van der Waals surface area contributed by atoms with Crippen molar-refractivity contribution >= 4 is 17.3 Å². The predicted molar refractivity (Wildman–Crippen MR) is 83.2 cm³/mol. The molecule has 0 aromatic carbocycles. The highest BCUT2D eigenvalue weighted by atomic mass is 16.5. The lowest BCUT2D eigenvalue weighted by molar-refractivity contribution is -0.131. The lowest BCUT2D eigenvalue weighted by Crippen LogP contribution is -2.49. The van der Waals surface area contributed by atoms with E-state index in [4.69, 9.17) is 10.5 Å². The summed E-state index contributed by atoms with van der Waals surface area (Å²) in [6.45, 7) is 6.45. The molecule has 21 heavy (non-hydrogen) atoms. The highest BCUT2D eigenvalue weighted by Crippen LogP contribution is 2.22. The molecule has 1 aliphatic rings. The molecule has 0 atom stereocenters. The molecule has 1 aromatic heterocycles. The van der Waals surface area contributed by atoms with Gasteiger partial charge in [-0.15, -0.1) is 0 Å². The molecule has 0 radical (unpaired) electrons. The number of carbonyl (C=O) groups is 1. The van der Waals surface area contributed by atoms with Gasteiger partial charge < -0.3 is 20.3 Å². The Labute approximate surface area is 125 Å². The summed E-state index contributed by atoms with van der Waals surface area (Å²) in [6.07, 6.45) is 4.78. The van der Waals surface area contributed by atoms with Crippen molar-refractivity contribution in [3.05, 3.63) is 18.5 Å². The van der Waals surface area contributed by atoms with Gasteiger partial charge in [-0.3, -0.25) is 9.78 Å².